The van der Waals surface area contributed by atoms with E-state index in [9.17, 15) is 9.59 Å². The van der Waals surface area contributed by atoms with Gasteiger partial charge in [0, 0.05) is 38.4 Å². The second kappa shape index (κ2) is 8.65. The van der Waals surface area contributed by atoms with Gasteiger partial charge in [0.2, 0.25) is 12.3 Å². The average Bonchev–Trinajstić information content (AvgIpc) is 2.63. The van der Waals surface area contributed by atoms with Crippen LogP contribution in [0.3, 0.4) is 0 Å². The smallest absolute Gasteiger partial charge is 0.226 e. The molecule has 1 aromatic carbocycles. The molecule has 1 saturated heterocycles. The SMILES string of the molecule is COc1cc(N2CCCCC2=O)ccc1N(C=O)CC(CN)OC. The first-order valence-corrected chi connectivity index (χ1v) is 8.07. The van der Waals surface area contributed by atoms with Crippen LogP contribution in [0.2, 0.25) is 0 Å². The van der Waals surface area contributed by atoms with Crippen molar-refractivity contribution in [3.8, 4) is 5.75 Å². The van der Waals surface area contributed by atoms with Gasteiger partial charge in [-0.25, -0.2) is 0 Å². The Morgan fingerprint density at radius 2 is 2.17 bits per heavy atom. The van der Waals surface area contributed by atoms with Crippen LogP contribution in [0.25, 0.3) is 0 Å². The first kappa shape index (κ1) is 18.2. The Kier molecular flexibility index (Phi) is 6.57. The van der Waals surface area contributed by atoms with Crippen molar-refractivity contribution in [2.24, 2.45) is 5.73 Å². The van der Waals surface area contributed by atoms with E-state index in [1.165, 1.54) is 4.90 Å². The fourth-order valence-electron chi connectivity index (χ4n) is 2.81. The van der Waals surface area contributed by atoms with Gasteiger partial charge in [0.15, 0.2) is 0 Å². The fourth-order valence-corrected chi connectivity index (χ4v) is 2.81. The lowest BCUT2D eigenvalue weighted by atomic mass is 10.1. The molecule has 1 aliphatic heterocycles. The molecule has 7 nitrogen and oxygen atoms in total. The van der Waals surface area contributed by atoms with E-state index in [0.717, 1.165) is 24.9 Å². The van der Waals surface area contributed by atoms with E-state index < -0.39 is 0 Å². The Hall–Kier alpha value is -2.12. The van der Waals surface area contributed by atoms with Crippen molar-refractivity contribution in [2.75, 3.05) is 43.7 Å². The molecule has 132 valence electrons. The normalized spacial score (nSPS) is 16.0. The summed E-state index contributed by atoms with van der Waals surface area (Å²) in [5.74, 6) is 0.649. The maximum atomic E-state index is 12.1. The van der Waals surface area contributed by atoms with E-state index in [1.54, 1.807) is 31.3 Å². The highest BCUT2D eigenvalue weighted by Gasteiger charge is 2.22. The van der Waals surface area contributed by atoms with Crippen LogP contribution in [0.5, 0.6) is 5.75 Å². The monoisotopic (exact) mass is 335 g/mol. The van der Waals surface area contributed by atoms with Gasteiger partial charge in [0.1, 0.15) is 5.75 Å². The number of carbonyl (C=O) groups is 2. The second-order valence-corrected chi connectivity index (χ2v) is 5.71. The summed E-state index contributed by atoms with van der Waals surface area (Å²) >= 11 is 0. The number of piperidine rings is 1. The minimum atomic E-state index is -0.261. The Bertz CT molecular complexity index is 575. The van der Waals surface area contributed by atoms with Gasteiger partial charge in [-0.05, 0) is 25.0 Å². The minimum Gasteiger partial charge on any atom is -0.494 e. The lowest BCUT2D eigenvalue weighted by Gasteiger charge is -2.29. The Morgan fingerprint density at radius 1 is 1.38 bits per heavy atom. The number of amides is 2. The van der Waals surface area contributed by atoms with Gasteiger partial charge in [0.25, 0.3) is 0 Å². The van der Waals surface area contributed by atoms with Gasteiger partial charge < -0.3 is 25.0 Å². The van der Waals surface area contributed by atoms with Crippen LogP contribution in [-0.4, -0.2) is 52.3 Å². The van der Waals surface area contributed by atoms with Crippen LogP contribution < -0.4 is 20.3 Å². The average molecular weight is 335 g/mol. The fraction of sp³-hybridized carbons (Fsp3) is 0.529. The molecule has 2 rings (SSSR count). The third-order valence-electron chi connectivity index (χ3n) is 4.23. The van der Waals surface area contributed by atoms with Gasteiger partial charge in [0.05, 0.1) is 25.4 Å². The zero-order valence-electron chi connectivity index (χ0n) is 14.2. The molecule has 2 N–H and O–H groups in total. The number of hydrogen-bond donors (Lipinski definition) is 1. The number of nitrogens with two attached hydrogens (primary N) is 1. The van der Waals surface area contributed by atoms with Gasteiger partial charge >= 0.3 is 0 Å². The number of benzene rings is 1. The molecule has 1 aromatic rings. The molecule has 7 heteroatoms. The summed E-state index contributed by atoms with van der Waals surface area (Å²) in [6.45, 7) is 1.34. The van der Waals surface area contributed by atoms with E-state index >= 15 is 0 Å². The molecule has 1 atom stereocenters. The summed E-state index contributed by atoms with van der Waals surface area (Å²) in [6.07, 6.45) is 2.95. The largest absolute Gasteiger partial charge is 0.494 e. The Balaban J connectivity index is 2.27. The number of carbonyl (C=O) groups excluding carboxylic acids is 2. The third kappa shape index (κ3) is 4.04. The molecule has 2 amide bonds. The van der Waals surface area contributed by atoms with Crippen LogP contribution >= 0.6 is 0 Å². The highest BCUT2D eigenvalue weighted by atomic mass is 16.5. The quantitative estimate of drug-likeness (QED) is 0.720. The van der Waals surface area contributed by atoms with E-state index in [2.05, 4.69) is 0 Å². The van der Waals surface area contributed by atoms with Gasteiger partial charge in [-0.2, -0.15) is 0 Å². The van der Waals surface area contributed by atoms with E-state index in [4.69, 9.17) is 15.2 Å². The number of rotatable bonds is 8. The maximum Gasteiger partial charge on any atom is 0.226 e. The molecule has 1 unspecified atom stereocenters. The molecule has 0 aromatic heterocycles. The van der Waals surface area contributed by atoms with Crippen molar-refractivity contribution < 1.29 is 19.1 Å². The Labute approximate surface area is 142 Å². The van der Waals surface area contributed by atoms with Crippen molar-refractivity contribution in [1.29, 1.82) is 0 Å². The molecule has 0 aliphatic carbocycles. The van der Waals surface area contributed by atoms with E-state index in [-0.39, 0.29) is 12.0 Å². The van der Waals surface area contributed by atoms with Crippen LogP contribution in [-0.2, 0) is 14.3 Å². The molecule has 0 bridgehead atoms. The molecule has 24 heavy (non-hydrogen) atoms. The van der Waals surface area contributed by atoms with Crippen molar-refractivity contribution in [3.05, 3.63) is 18.2 Å². The van der Waals surface area contributed by atoms with E-state index in [0.29, 0.717) is 37.5 Å². The predicted octanol–water partition coefficient (Wildman–Crippen LogP) is 1.15. The first-order chi connectivity index (χ1) is 11.6. The number of ether oxygens (including phenoxy) is 2. The number of hydrogen-bond acceptors (Lipinski definition) is 5. The summed E-state index contributed by atoms with van der Waals surface area (Å²) in [4.78, 5) is 26.8. The summed E-state index contributed by atoms with van der Waals surface area (Å²) in [7, 11) is 3.10. The molecule has 1 heterocycles. The van der Waals surface area contributed by atoms with Gasteiger partial charge in [-0.15, -0.1) is 0 Å². The van der Waals surface area contributed by atoms with Crippen LogP contribution in [0.4, 0.5) is 11.4 Å². The third-order valence-corrected chi connectivity index (χ3v) is 4.23. The number of methoxy groups -OCH3 is 2. The summed E-state index contributed by atoms with van der Waals surface area (Å²) in [5.41, 5.74) is 7.04. The standard InChI is InChI=1S/C17H25N3O4/c1-23-14(10-18)11-19(12-21)15-7-6-13(9-16(15)24-2)20-8-4-3-5-17(20)22/h6-7,9,12,14H,3-5,8,10-11,18H2,1-2H3. The molecule has 0 saturated carbocycles. The summed E-state index contributed by atoms with van der Waals surface area (Å²) in [5, 5.41) is 0. The minimum absolute atomic E-state index is 0.117. The lowest BCUT2D eigenvalue weighted by molar-refractivity contribution is -0.119. The molecular weight excluding hydrogens is 310 g/mol. The van der Waals surface area contributed by atoms with Crippen molar-refractivity contribution >= 4 is 23.7 Å². The second-order valence-electron chi connectivity index (χ2n) is 5.71. The summed E-state index contributed by atoms with van der Waals surface area (Å²) in [6, 6.07) is 5.41. The van der Waals surface area contributed by atoms with Crippen molar-refractivity contribution in [2.45, 2.75) is 25.4 Å². The van der Waals surface area contributed by atoms with Gasteiger partial charge in [-0.3, -0.25) is 9.59 Å². The van der Waals surface area contributed by atoms with Crippen molar-refractivity contribution in [3.63, 3.8) is 0 Å². The zero-order valence-corrected chi connectivity index (χ0v) is 14.2. The molecule has 1 fully saturated rings. The lowest BCUT2D eigenvalue weighted by Crippen LogP contribution is -2.37. The molecule has 0 radical (unpaired) electrons. The number of nitrogens with zero attached hydrogens (tertiary/aromatic N) is 2. The molecule has 0 spiro atoms. The van der Waals surface area contributed by atoms with Crippen molar-refractivity contribution in [1.82, 2.24) is 0 Å². The van der Waals surface area contributed by atoms with Gasteiger partial charge in [-0.1, -0.05) is 0 Å². The first-order valence-electron chi connectivity index (χ1n) is 8.07. The highest BCUT2D eigenvalue weighted by molar-refractivity contribution is 5.95. The number of anilines is 2. The summed E-state index contributed by atoms with van der Waals surface area (Å²) < 4.78 is 10.7. The highest BCUT2D eigenvalue weighted by Crippen LogP contribution is 2.33. The molecular formula is C17H25N3O4. The van der Waals surface area contributed by atoms with Crippen LogP contribution in [0.15, 0.2) is 18.2 Å². The maximum absolute atomic E-state index is 12.1. The topological polar surface area (TPSA) is 85.1 Å². The predicted molar refractivity (Wildman–Crippen MR) is 92.5 cm³/mol. The van der Waals surface area contributed by atoms with E-state index in [1.807, 2.05) is 6.07 Å². The van der Waals surface area contributed by atoms with Crippen LogP contribution in [0, 0.1) is 0 Å². The zero-order chi connectivity index (χ0) is 17.5. The Morgan fingerprint density at radius 3 is 2.75 bits per heavy atom. The van der Waals surface area contributed by atoms with Crippen LogP contribution in [0.1, 0.15) is 19.3 Å². The molecule has 1 aliphatic rings.